The lowest BCUT2D eigenvalue weighted by Crippen LogP contribution is -2.18. The maximum Gasteiger partial charge on any atom is 0.137 e. The summed E-state index contributed by atoms with van der Waals surface area (Å²) in [4.78, 5) is 0. The van der Waals surface area contributed by atoms with Gasteiger partial charge in [0.25, 0.3) is 0 Å². The number of hydrogen-bond donors (Lipinski definition) is 0. The summed E-state index contributed by atoms with van der Waals surface area (Å²) in [7, 11) is 1.64. The largest absolute Gasteiger partial charge is 0.495 e. The second kappa shape index (κ2) is 8.29. The molecule has 1 atom stereocenters. The van der Waals surface area contributed by atoms with Gasteiger partial charge in [0.05, 0.1) is 17.5 Å². The van der Waals surface area contributed by atoms with Crippen molar-refractivity contribution in [3.05, 3.63) is 28.8 Å². The fraction of sp³-hybridized carbons (Fsp3) is 0.667. The van der Waals surface area contributed by atoms with Gasteiger partial charge in [0.1, 0.15) is 5.75 Å². The maximum atomic E-state index is 6.71. The van der Waals surface area contributed by atoms with Crippen LogP contribution in [0.25, 0.3) is 0 Å². The van der Waals surface area contributed by atoms with Gasteiger partial charge in [0, 0.05) is 0 Å². The number of benzene rings is 1. The van der Waals surface area contributed by atoms with Gasteiger partial charge in [0.2, 0.25) is 0 Å². The molecule has 0 bridgehead atoms. The fourth-order valence-corrected chi connectivity index (χ4v) is 4.04. The van der Waals surface area contributed by atoms with Gasteiger partial charge >= 0.3 is 0 Å². The summed E-state index contributed by atoms with van der Waals surface area (Å²) in [6.07, 6.45) is 9.22. The number of hydrogen-bond acceptors (Lipinski definition) is 1. The molecular weight excluding hydrogens is 303 g/mol. The van der Waals surface area contributed by atoms with E-state index in [4.69, 9.17) is 27.9 Å². The van der Waals surface area contributed by atoms with E-state index in [1.165, 1.54) is 44.9 Å². The molecule has 0 spiro atoms. The zero-order chi connectivity index (χ0) is 15.2. The average molecular weight is 329 g/mol. The predicted octanol–water partition coefficient (Wildman–Crippen LogP) is 6.63. The van der Waals surface area contributed by atoms with Crippen LogP contribution in [0.2, 0.25) is 5.02 Å². The Labute approximate surface area is 139 Å². The Morgan fingerprint density at radius 3 is 2.52 bits per heavy atom. The molecular formula is C18H26Cl2O. The molecule has 1 unspecified atom stereocenters. The average Bonchev–Trinajstić information content (AvgIpc) is 2.52. The number of alkyl halides is 1. The molecule has 1 nitrogen and oxygen atoms in total. The van der Waals surface area contributed by atoms with Crippen molar-refractivity contribution in [2.75, 3.05) is 7.11 Å². The van der Waals surface area contributed by atoms with Crippen LogP contribution in [-0.2, 0) is 0 Å². The minimum Gasteiger partial charge on any atom is -0.495 e. The molecule has 3 heteroatoms. The minimum absolute atomic E-state index is 0.0699. The highest BCUT2D eigenvalue weighted by atomic mass is 35.5. The molecule has 1 aromatic carbocycles. The standard InChI is InChI=1S/C18H26Cl2O/c1-3-4-5-13-6-8-14(9-7-13)18(20)15-10-11-17(21-2)16(19)12-15/h10-14,18H,3-9H2,1-2H3. The summed E-state index contributed by atoms with van der Waals surface area (Å²) in [6.45, 7) is 2.27. The second-order valence-corrected chi connectivity index (χ2v) is 7.10. The summed E-state index contributed by atoms with van der Waals surface area (Å²) in [5.74, 6) is 2.21. The topological polar surface area (TPSA) is 9.23 Å². The van der Waals surface area contributed by atoms with E-state index >= 15 is 0 Å². The molecule has 2 rings (SSSR count). The van der Waals surface area contributed by atoms with Crippen molar-refractivity contribution in [2.45, 2.75) is 57.2 Å². The summed E-state index contributed by atoms with van der Waals surface area (Å²) in [5.41, 5.74) is 1.12. The first-order chi connectivity index (χ1) is 10.2. The van der Waals surface area contributed by atoms with Gasteiger partial charge in [-0.1, -0.05) is 56.7 Å². The third kappa shape index (κ3) is 4.53. The van der Waals surface area contributed by atoms with Crippen LogP contribution in [0.5, 0.6) is 5.75 Å². The molecule has 118 valence electrons. The number of rotatable bonds is 6. The van der Waals surface area contributed by atoms with E-state index in [1.807, 2.05) is 18.2 Å². The van der Waals surface area contributed by atoms with Gasteiger partial charge in [-0.05, 0) is 42.4 Å². The van der Waals surface area contributed by atoms with Crippen LogP contribution >= 0.6 is 23.2 Å². The van der Waals surface area contributed by atoms with Gasteiger partial charge in [-0.3, -0.25) is 0 Å². The first kappa shape index (κ1) is 17.0. The van der Waals surface area contributed by atoms with Crippen molar-refractivity contribution >= 4 is 23.2 Å². The van der Waals surface area contributed by atoms with Crippen molar-refractivity contribution in [3.8, 4) is 5.75 Å². The second-order valence-electron chi connectivity index (χ2n) is 6.22. The Morgan fingerprint density at radius 2 is 1.95 bits per heavy atom. The van der Waals surface area contributed by atoms with Gasteiger partial charge in [-0.15, -0.1) is 11.6 Å². The fourth-order valence-electron chi connectivity index (χ4n) is 3.39. The number of halogens is 2. The molecule has 21 heavy (non-hydrogen) atoms. The van der Waals surface area contributed by atoms with Gasteiger partial charge in [0.15, 0.2) is 0 Å². The molecule has 0 aliphatic heterocycles. The van der Waals surface area contributed by atoms with Crippen LogP contribution < -0.4 is 4.74 Å². The third-order valence-electron chi connectivity index (χ3n) is 4.77. The Balaban J connectivity index is 1.92. The summed E-state index contributed by atoms with van der Waals surface area (Å²) < 4.78 is 5.20. The van der Waals surface area contributed by atoms with Crippen LogP contribution in [0.15, 0.2) is 18.2 Å². The van der Waals surface area contributed by atoms with Crippen LogP contribution in [-0.4, -0.2) is 7.11 Å². The van der Waals surface area contributed by atoms with E-state index in [1.54, 1.807) is 7.11 Å². The van der Waals surface area contributed by atoms with Gasteiger partial charge < -0.3 is 4.74 Å². The Hall–Kier alpha value is -0.400. The van der Waals surface area contributed by atoms with E-state index in [0.717, 1.165) is 11.5 Å². The van der Waals surface area contributed by atoms with Crippen LogP contribution in [0.4, 0.5) is 0 Å². The number of methoxy groups -OCH3 is 1. The Kier molecular flexibility index (Phi) is 6.70. The molecule has 0 radical (unpaired) electrons. The van der Waals surface area contributed by atoms with Gasteiger partial charge in [-0.25, -0.2) is 0 Å². The normalized spacial score (nSPS) is 23.8. The monoisotopic (exact) mass is 328 g/mol. The lowest BCUT2D eigenvalue weighted by atomic mass is 9.77. The predicted molar refractivity (Wildman–Crippen MR) is 91.6 cm³/mol. The Bertz CT molecular complexity index is 439. The number of ether oxygens (including phenoxy) is 1. The van der Waals surface area contributed by atoms with Crippen LogP contribution in [0.1, 0.15) is 62.8 Å². The van der Waals surface area contributed by atoms with Crippen molar-refractivity contribution < 1.29 is 4.74 Å². The van der Waals surface area contributed by atoms with Crippen molar-refractivity contribution in [3.63, 3.8) is 0 Å². The van der Waals surface area contributed by atoms with E-state index in [-0.39, 0.29) is 5.38 Å². The lowest BCUT2D eigenvalue weighted by molar-refractivity contribution is 0.254. The molecule has 1 saturated carbocycles. The SMILES string of the molecule is CCCCC1CCC(C(Cl)c2ccc(OC)c(Cl)c2)CC1. The highest BCUT2D eigenvalue weighted by Crippen LogP contribution is 2.42. The smallest absolute Gasteiger partial charge is 0.137 e. The number of unbranched alkanes of at least 4 members (excludes halogenated alkanes) is 1. The first-order valence-electron chi connectivity index (χ1n) is 8.13. The maximum absolute atomic E-state index is 6.71. The van der Waals surface area contributed by atoms with Crippen molar-refractivity contribution in [1.29, 1.82) is 0 Å². The first-order valence-corrected chi connectivity index (χ1v) is 8.94. The van der Waals surface area contributed by atoms with Crippen molar-refractivity contribution in [1.82, 2.24) is 0 Å². The molecule has 0 heterocycles. The molecule has 0 amide bonds. The van der Waals surface area contributed by atoms with Crippen LogP contribution in [0.3, 0.4) is 0 Å². The summed E-state index contributed by atoms with van der Waals surface area (Å²) in [6, 6.07) is 5.92. The van der Waals surface area contributed by atoms with Crippen molar-refractivity contribution in [2.24, 2.45) is 11.8 Å². The summed E-state index contributed by atoms with van der Waals surface area (Å²) in [5, 5.41) is 0.720. The molecule has 0 saturated heterocycles. The Morgan fingerprint density at radius 1 is 1.24 bits per heavy atom. The van der Waals surface area contributed by atoms with Crippen LogP contribution in [0, 0.1) is 11.8 Å². The zero-order valence-electron chi connectivity index (χ0n) is 13.1. The van der Waals surface area contributed by atoms with E-state index in [2.05, 4.69) is 6.92 Å². The molecule has 0 aromatic heterocycles. The minimum atomic E-state index is 0.0699. The quantitative estimate of drug-likeness (QED) is 0.533. The molecule has 1 fully saturated rings. The van der Waals surface area contributed by atoms with E-state index < -0.39 is 0 Å². The van der Waals surface area contributed by atoms with E-state index in [0.29, 0.717) is 16.7 Å². The highest BCUT2D eigenvalue weighted by Gasteiger charge is 2.27. The summed E-state index contributed by atoms with van der Waals surface area (Å²) >= 11 is 12.9. The lowest BCUT2D eigenvalue weighted by Gasteiger charge is -2.31. The van der Waals surface area contributed by atoms with Gasteiger partial charge in [-0.2, -0.15) is 0 Å². The zero-order valence-corrected chi connectivity index (χ0v) is 14.6. The van der Waals surface area contributed by atoms with E-state index in [9.17, 15) is 0 Å². The molecule has 1 aromatic rings. The molecule has 0 N–H and O–H groups in total. The highest BCUT2D eigenvalue weighted by molar-refractivity contribution is 6.32. The molecule has 1 aliphatic carbocycles. The molecule has 1 aliphatic rings. The third-order valence-corrected chi connectivity index (χ3v) is 5.67.